The lowest BCUT2D eigenvalue weighted by Gasteiger charge is -1.99. The van der Waals surface area contributed by atoms with E-state index in [0.29, 0.717) is 6.54 Å². The van der Waals surface area contributed by atoms with E-state index in [1.54, 1.807) is 0 Å². The Balaban J connectivity index is 2.63. The van der Waals surface area contributed by atoms with E-state index in [-0.39, 0.29) is 0 Å². The largest absolute Gasteiger partial charge is 0.427 e. The molecule has 0 unspecified atom stereocenters. The minimum absolute atomic E-state index is 0.595. The average molecular weight is 177 g/mol. The Morgan fingerprint density at radius 3 is 3.08 bits per heavy atom. The van der Waals surface area contributed by atoms with E-state index in [1.165, 1.54) is 6.33 Å². The molecule has 0 saturated heterocycles. The average Bonchev–Trinajstić information content (AvgIpc) is 2.50. The zero-order valence-corrected chi connectivity index (χ0v) is 7.14. The summed E-state index contributed by atoms with van der Waals surface area (Å²) in [7, 11) is 0. The van der Waals surface area contributed by atoms with Crippen molar-refractivity contribution in [1.82, 2.24) is 9.71 Å². The van der Waals surface area contributed by atoms with Crippen molar-refractivity contribution >= 4 is 11.0 Å². The molecular formula is C9H11N3O. The van der Waals surface area contributed by atoms with Gasteiger partial charge in [0.15, 0.2) is 0 Å². The fourth-order valence-corrected chi connectivity index (χ4v) is 1.44. The van der Waals surface area contributed by atoms with Gasteiger partial charge < -0.3 is 10.9 Å². The number of rotatable bonds is 2. The van der Waals surface area contributed by atoms with Crippen LogP contribution in [0.15, 0.2) is 24.5 Å². The maximum absolute atomic E-state index is 9.33. The van der Waals surface area contributed by atoms with Gasteiger partial charge >= 0.3 is 0 Å². The van der Waals surface area contributed by atoms with Gasteiger partial charge in [0.1, 0.15) is 11.8 Å². The van der Waals surface area contributed by atoms with Crippen LogP contribution in [0.4, 0.5) is 0 Å². The highest BCUT2D eigenvalue weighted by Crippen LogP contribution is 2.16. The highest BCUT2D eigenvalue weighted by Gasteiger charge is 2.04. The molecule has 0 amide bonds. The molecule has 0 saturated carbocycles. The van der Waals surface area contributed by atoms with E-state index in [4.69, 9.17) is 5.73 Å². The summed E-state index contributed by atoms with van der Waals surface area (Å²) in [6, 6.07) is 5.69. The van der Waals surface area contributed by atoms with Gasteiger partial charge in [-0.05, 0) is 24.6 Å². The van der Waals surface area contributed by atoms with Crippen LogP contribution in [0.2, 0.25) is 0 Å². The van der Waals surface area contributed by atoms with Gasteiger partial charge in [0.2, 0.25) is 0 Å². The summed E-state index contributed by atoms with van der Waals surface area (Å²) in [6.07, 6.45) is 2.18. The maximum atomic E-state index is 9.33. The number of para-hydroxylation sites is 1. The van der Waals surface area contributed by atoms with Gasteiger partial charge in [0, 0.05) is 0 Å². The first-order valence-electron chi connectivity index (χ1n) is 4.17. The van der Waals surface area contributed by atoms with Gasteiger partial charge in [0.05, 0.1) is 5.52 Å². The van der Waals surface area contributed by atoms with Crippen LogP contribution in [-0.4, -0.2) is 21.5 Å². The lowest BCUT2D eigenvalue weighted by Crippen LogP contribution is -2.03. The van der Waals surface area contributed by atoms with Crippen LogP contribution in [0.3, 0.4) is 0 Å². The smallest absolute Gasteiger partial charge is 0.133 e. The molecule has 0 atom stereocenters. The van der Waals surface area contributed by atoms with Crippen LogP contribution < -0.4 is 5.73 Å². The van der Waals surface area contributed by atoms with Gasteiger partial charge in [-0.15, -0.1) is 0 Å². The van der Waals surface area contributed by atoms with Gasteiger partial charge in [-0.3, -0.25) is 0 Å². The summed E-state index contributed by atoms with van der Waals surface area (Å²) < 4.78 is 1.02. The summed E-state index contributed by atoms with van der Waals surface area (Å²) in [5.74, 6) is 0. The molecule has 4 heteroatoms. The predicted octanol–water partition coefficient (Wildman–Crippen LogP) is 0.775. The first kappa shape index (κ1) is 8.07. The molecule has 0 bridgehead atoms. The molecule has 2 aromatic rings. The van der Waals surface area contributed by atoms with Gasteiger partial charge in [0.25, 0.3) is 0 Å². The van der Waals surface area contributed by atoms with Crippen LogP contribution in [0, 0.1) is 0 Å². The predicted molar refractivity (Wildman–Crippen MR) is 49.7 cm³/mol. The van der Waals surface area contributed by atoms with Crippen molar-refractivity contribution in [2.24, 2.45) is 5.73 Å². The third-order valence-electron chi connectivity index (χ3n) is 2.05. The molecular weight excluding hydrogens is 166 g/mol. The Morgan fingerprint density at radius 1 is 1.46 bits per heavy atom. The molecule has 1 aromatic carbocycles. The molecule has 0 aliphatic heterocycles. The minimum atomic E-state index is 0.595. The molecule has 13 heavy (non-hydrogen) atoms. The zero-order chi connectivity index (χ0) is 9.26. The summed E-state index contributed by atoms with van der Waals surface area (Å²) >= 11 is 0. The molecule has 3 N–H and O–H groups in total. The Labute approximate surface area is 75.6 Å². The monoisotopic (exact) mass is 177 g/mol. The van der Waals surface area contributed by atoms with Crippen molar-refractivity contribution in [2.45, 2.75) is 6.42 Å². The minimum Gasteiger partial charge on any atom is -0.427 e. The number of nitrogens with zero attached hydrogens (tertiary/aromatic N) is 2. The third kappa shape index (κ3) is 1.25. The van der Waals surface area contributed by atoms with Crippen molar-refractivity contribution in [3.63, 3.8) is 0 Å². The van der Waals surface area contributed by atoms with Crippen molar-refractivity contribution in [3.8, 4) is 0 Å². The second kappa shape index (κ2) is 3.06. The molecule has 1 aromatic heterocycles. The molecule has 4 nitrogen and oxygen atoms in total. The van der Waals surface area contributed by atoms with Crippen LogP contribution in [-0.2, 0) is 6.42 Å². The van der Waals surface area contributed by atoms with Crippen LogP contribution >= 0.6 is 0 Å². The van der Waals surface area contributed by atoms with Crippen LogP contribution in [0.1, 0.15) is 5.56 Å². The Kier molecular flexibility index (Phi) is 1.90. The quantitative estimate of drug-likeness (QED) is 0.666. The first-order chi connectivity index (χ1) is 6.33. The molecule has 0 spiro atoms. The normalized spacial score (nSPS) is 10.8. The number of aromatic nitrogens is 2. The van der Waals surface area contributed by atoms with E-state index in [0.717, 1.165) is 27.7 Å². The molecule has 2 rings (SSSR count). The highest BCUT2D eigenvalue weighted by molar-refractivity contribution is 5.78. The summed E-state index contributed by atoms with van der Waals surface area (Å²) in [4.78, 5) is 4.09. The number of hydrogen-bond acceptors (Lipinski definition) is 3. The number of benzene rings is 1. The fraction of sp³-hybridized carbons (Fsp3) is 0.222. The number of fused-ring (bicyclic) bond motifs is 1. The molecule has 0 aliphatic rings. The van der Waals surface area contributed by atoms with Crippen molar-refractivity contribution in [3.05, 3.63) is 30.1 Å². The van der Waals surface area contributed by atoms with E-state index in [1.807, 2.05) is 18.2 Å². The van der Waals surface area contributed by atoms with Gasteiger partial charge in [-0.1, -0.05) is 12.1 Å². The summed E-state index contributed by atoms with van der Waals surface area (Å²) in [6.45, 7) is 0.595. The van der Waals surface area contributed by atoms with E-state index < -0.39 is 0 Å². The van der Waals surface area contributed by atoms with Crippen LogP contribution in [0.25, 0.3) is 11.0 Å². The fourth-order valence-electron chi connectivity index (χ4n) is 1.44. The summed E-state index contributed by atoms with van der Waals surface area (Å²) in [5, 5.41) is 9.33. The SMILES string of the molecule is NCCc1cccc2c1ncn2O. The van der Waals surface area contributed by atoms with E-state index >= 15 is 0 Å². The van der Waals surface area contributed by atoms with Gasteiger partial charge in [-0.2, -0.15) is 4.73 Å². The molecule has 1 heterocycles. The number of imidazole rings is 1. The van der Waals surface area contributed by atoms with Crippen molar-refractivity contribution in [2.75, 3.05) is 6.54 Å². The molecule has 68 valence electrons. The van der Waals surface area contributed by atoms with E-state index in [2.05, 4.69) is 4.98 Å². The van der Waals surface area contributed by atoms with Crippen LogP contribution in [0.5, 0.6) is 0 Å². The second-order valence-electron chi connectivity index (χ2n) is 2.91. The Morgan fingerprint density at radius 2 is 2.31 bits per heavy atom. The van der Waals surface area contributed by atoms with Crippen molar-refractivity contribution in [1.29, 1.82) is 0 Å². The zero-order valence-electron chi connectivity index (χ0n) is 7.14. The lowest BCUT2D eigenvalue weighted by molar-refractivity contribution is 0.198. The molecule has 0 fully saturated rings. The van der Waals surface area contributed by atoms with E-state index in [9.17, 15) is 5.21 Å². The van der Waals surface area contributed by atoms with Gasteiger partial charge in [-0.25, -0.2) is 4.98 Å². The maximum Gasteiger partial charge on any atom is 0.133 e. The number of nitrogens with two attached hydrogens (primary N) is 1. The lowest BCUT2D eigenvalue weighted by atomic mass is 10.1. The Hall–Kier alpha value is -1.55. The van der Waals surface area contributed by atoms with Crippen molar-refractivity contribution < 1.29 is 5.21 Å². The molecule has 0 aliphatic carbocycles. The standard InChI is InChI=1S/C9H11N3O/c10-5-4-7-2-1-3-8-9(7)11-6-12(8)13/h1-3,6,13H,4-5,10H2. The topological polar surface area (TPSA) is 64.1 Å². The number of hydrogen-bond donors (Lipinski definition) is 2. The highest BCUT2D eigenvalue weighted by atomic mass is 16.5. The molecule has 0 radical (unpaired) electrons. The first-order valence-corrected chi connectivity index (χ1v) is 4.17. The second-order valence-corrected chi connectivity index (χ2v) is 2.91. The Bertz CT molecular complexity index is 422. The third-order valence-corrected chi connectivity index (χ3v) is 2.05. The summed E-state index contributed by atoms with van der Waals surface area (Å²) in [5.41, 5.74) is 8.09.